The van der Waals surface area contributed by atoms with E-state index in [-0.39, 0.29) is 18.5 Å². The third-order valence-electron chi connectivity index (χ3n) is 6.72. The van der Waals surface area contributed by atoms with E-state index in [0.29, 0.717) is 16.4 Å². The van der Waals surface area contributed by atoms with Crippen molar-refractivity contribution in [1.82, 2.24) is 0 Å². The van der Waals surface area contributed by atoms with Gasteiger partial charge in [-0.2, -0.15) is 0 Å². The highest BCUT2D eigenvalue weighted by Crippen LogP contribution is 2.38. The minimum absolute atomic E-state index is 0.0921. The number of rotatable bonds is 6. The molecule has 0 aromatic heterocycles. The summed E-state index contributed by atoms with van der Waals surface area (Å²) in [5.74, 6) is -3.99. The maximum absolute atomic E-state index is 14.3. The van der Waals surface area contributed by atoms with Crippen LogP contribution >= 0.6 is 0 Å². The number of halogens is 2. The summed E-state index contributed by atoms with van der Waals surface area (Å²) in [6, 6.07) is 12.1. The molecule has 3 aromatic rings. The van der Waals surface area contributed by atoms with Crippen molar-refractivity contribution in [2.45, 2.75) is 51.7 Å². The van der Waals surface area contributed by atoms with Crippen LogP contribution in [-0.4, -0.2) is 35.3 Å². The van der Waals surface area contributed by atoms with E-state index in [4.69, 9.17) is 9.31 Å². The number of aliphatic carboxylic acids is 1. The molecule has 1 fully saturated rings. The van der Waals surface area contributed by atoms with E-state index in [1.165, 1.54) is 6.07 Å². The Labute approximate surface area is 202 Å². The number of fused-ring (bicyclic) bond motifs is 1. The van der Waals surface area contributed by atoms with Crippen molar-refractivity contribution >= 4 is 40.9 Å². The summed E-state index contributed by atoms with van der Waals surface area (Å²) in [7, 11) is -0.778. The first-order chi connectivity index (χ1) is 16.4. The van der Waals surface area contributed by atoms with E-state index in [0.717, 1.165) is 17.5 Å². The van der Waals surface area contributed by atoms with Gasteiger partial charge in [-0.25, -0.2) is 8.78 Å². The number of hydrogen-bond acceptors (Lipinski definition) is 4. The van der Waals surface area contributed by atoms with Crippen LogP contribution in [0.15, 0.2) is 48.5 Å². The molecule has 1 amide bonds. The number of carbonyl (C=O) groups is 2. The third kappa shape index (κ3) is 4.66. The Balaban J connectivity index is 1.87. The standard InChI is InChI=1S/C26H26BF2NO5/c1-25(2)26(3,4)35-27(34-25)18-14-21(30-24(33)23-19(28)10-7-11-20(23)29)17(12-13-22(31)32)15-8-5-6-9-16(15)18/h5-11,14H,12-13H2,1-4H3,(H,30,33)(H,31,32). The predicted molar refractivity (Wildman–Crippen MR) is 130 cm³/mol. The molecule has 4 rings (SSSR count). The van der Waals surface area contributed by atoms with Gasteiger partial charge in [0.1, 0.15) is 17.2 Å². The number of hydrogen-bond donors (Lipinski definition) is 2. The molecule has 3 aromatic carbocycles. The van der Waals surface area contributed by atoms with Gasteiger partial charge >= 0.3 is 13.1 Å². The van der Waals surface area contributed by atoms with Crippen LogP contribution in [0.5, 0.6) is 0 Å². The molecular formula is C26H26BF2NO5. The average Bonchev–Trinajstić information content (AvgIpc) is 2.99. The predicted octanol–water partition coefficient (Wildman–Crippen LogP) is 4.69. The summed E-state index contributed by atoms with van der Waals surface area (Å²) < 4.78 is 41.0. The van der Waals surface area contributed by atoms with Crippen LogP contribution in [0.1, 0.15) is 50.0 Å². The number of carbonyl (C=O) groups excluding carboxylic acids is 1. The van der Waals surface area contributed by atoms with Gasteiger partial charge in [0.2, 0.25) is 0 Å². The smallest absolute Gasteiger partial charge is 0.481 e. The molecule has 35 heavy (non-hydrogen) atoms. The van der Waals surface area contributed by atoms with Crippen LogP contribution in [0.4, 0.5) is 14.5 Å². The average molecular weight is 481 g/mol. The number of carboxylic acid groups (broad SMARTS) is 1. The van der Waals surface area contributed by atoms with Crippen LogP contribution in [0.2, 0.25) is 0 Å². The van der Waals surface area contributed by atoms with Crippen LogP contribution in [-0.2, 0) is 20.5 Å². The van der Waals surface area contributed by atoms with Gasteiger partial charge in [0.15, 0.2) is 0 Å². The topological polar surface area (TPSA) is 84.9 Å². The summed E-state index contributed by atoms with van der Waals surface area (Å²) in [6.45, 7) is 7.67. The van der Waals surface area contributed by atoms with Crippen molar-refractivity contribution in [1.29, 1.82) is 0 Å². The van der Waals surface area contributed by atoms with Crippen molar-refractivity contribution in [3.8, 4) is 0 Å². The maximum atomic E-state index is 14.3. The second-order valence-electron chi connectivity index (χ2n) is 9.57. The molecule has 0 saturated carbocycles. The summed E-state index contributed by atoms with van der Waals surface area (Å²) >= 11 is 0. The fourth-order valence-corrected chi connectivity index (χ4v) is 4.14. The monoisotopic (exact) mass is 481 g/mol. The van der Waals surface area contributed by atoms with Gasteiger partial charge in [0.25, 0.3) is 5.91 Å². The number of amides is 1. The molecule has 0 radical (unpaired) electrons. The third-order valence-corrected chi connectivity index (χ3v) is 6.72. The molecule has 6 nitrogen and oxygen atoms in total. The van der Waals surface area contributed by atoms with Gasteiger partial charge in [-0.3, -0.25) is 9.59 Å². The lowest BCUT2D eigenvalue weighted by molar-refractivity contribution is -0.136. The molecule has 182 valence electrons. The Bertz CT molecular complexity index is 1290. The van der Waals surface area contributed by atoms with Gasteiger partial charge in [-0.1, -0.05) is 30.3 Å². The second-order valence-corrected chi connectivity index (χ2v) is 9.57. The molecule has 1 aliphatic rings. The fraction of sp³-hybridized carbons (Fsp3) is 0.308. The minimum Gasteiger partial charge on any atom is -0.481 e. The van der Waals surface area contributed by atoms with Crippen molar-refractivity contribution in [2.24, 2.45) is 0 Å². The van der Waals surface area contributed by atoms with Crippen molar-refractivity contribution in [2.75, 3.05) is 5.32 Å². The normalized spacial score (nSPS) is 16.5. The maximum Gasteiger partial charge on any atom is 0.495 e. The number of benzene rings is 3. The molecule has 0 aliphatic carbocycles. The first-order valence-electron chi connectivity index (χ1n) is 11.3. The van der Waals surface area contributed by atoms with E-state index < -0.39 is 47.4 Å². The minimum atomic E-state index is -1.01. The molecule has 2 N–H and O–H groups in total. The van der Waals surface area contributed by atoms with E-state index in [2.05, 4.69) is 5.32 Å². The van der Waals surface area contributed by atoms with E-state index in [1.807, 2.05) is 39.8 Å². The van der Waals surface area contributed by atoms with Gasteiger partial charge in [-0.05, 0) is 74.1 Å². The Kier molecular flexibility index (Phi) is 6.42. The second kappa shape index (κ2) is 9.05. The molecule has 0 unspecified atom stereocenters. The van der Waals surface area contributed by atoms with Crippen molar-refractivity contribution in [3.63, 3.8) is 0 Å². The Morgan fingerprint density at radius 2 is 1.51 bits per heavy atom. The van der Waals surface area contributed by atoms with Gasteiger partial charge in [-0.15, -0.1) is 0 Å². The number of aryl methyl sites for hydroxylation is 1. The van der Waals surface area contributed by atoms with Crippen molar-refractivity contribution < 1.29 is 32.8 Å². The first-order valence-corrected chi connectivity index (χ1v) is 11.3. The van der Waals surface area contributed by atoms with E-state index in [9.17, 15) is 23.5 Å². The van der Waals surface area contributed by atoms with E-state index >= 15 is 0 Å². The summed E-state index contributed by atoms with van der Waals surface area (Å²) in [4.78, 5) is 24.3. The Hall–Kier alpha value is -3.30. The molecule has 9 heteroatoms. The number of carboxylic acids is 1. The highest BCUT2D eigenvalue weighted by Gasteiger charge is 2.52. The molecule has 1 heterocycles. The highest BCUT2D eigenvalue weighted by atomic mass is 19.1. The zero-order chi connectivity index (χ0) is 25.5. The molecule has 0 bridgehead atoms. The lowest BCUT2D eigenvalue weighted by Gasteiger charge is -2.32. The van der Waals surface area contributed by atoms with Gasteiger partial charge in [0, 0.05) is 12.1 Å². The Morgan fingerprint density at radius 1 is 0.943 bits per heavy atom. The number of nitrogens with one attached hydrogen (secondary N) is 1. The largest absolute Gasteiger partial charge is 0.495 e. The van der Waals surface area contributed by atoms with E-state index in [1.54, 1.807) is 18.2 Å². The molecule has 1 aliphatic heterocycles. The van der Waals surface area contributed by atoms with Crippen LogP contribution in [0.3, 0.4) is 0 Å². The first kappa shape index (κ1) is 24.8. The molecule has 1 saturated heterocycles. The van der Waals surface area contributed by atoms with Crippen LogP contribution in [0, 0.1) is 11.6 Å². The zero-order valence-electron chi connectivity index (χ0n) is 19.9. The molecular weight excluding hydrogens is 455 g/mol. The van der Waals surface area contributed by atoms with Crippen molar-refractivity contribution in [3.05, 3.63) is 71.3 Å². The van der Waals surface area contributed by atoms with Crippen LogP contribution < -0.4 is 10.8 Å². The molecule has 0 atom stereocenters. The lowest BCUT2D eigenvalue weighted by Crippen LogP contribution is -2.41. The molecule has 0 spiro atoms. The summed E-state index contributed by atoms with van der Waals surface area (Å²) in [6.07, 6.45) is -0.106. The quantitative estimate of drug-likeness (QED) is 0.500. The number of anilines is 1. The SMILES string of the molecule is CC1(C)OB(c2cc(NC(=O)c3c(F)cccc3F)c(CCC(=O)O)c3ccccc23)OC1(C)C. The van der Waals surface area contributed by atoms with Gasteiger partial charge in [0.05, 0.1) is 11.2 Å². The summed E-state index contributed by atoms with van der Waals surface area (Å²) in [5, 5.41) is 13.3. The highest BCUT2D eigenvalue weighted by molar-refractivity contribution is 6.65. The fourth-order valence-electron chi connectivity index (χ4n) is 4.14. The summed E-state index contributed by atoms with van der Waals surface area (Å²) in [5.41, 5.74) is -0.582. The van der Waals surface area contributed by atoms with Gasteiger partial charge < -0.3 is 19.7 Å². The Morgan fingerprint density at radius 3 is 2.09 bits per heavy atom. The lowest BCUT2D eigenvalue weighted by atomic mass is 9.74. The van der Waals surface area contributed by atoms with Crippen LogP contribution in [0.25, 0.3) is 10.8 Å². The zero-order valence-corrected chi connectivity index (χ0v) is 19.9.